The summed E-state index contributed by atoms with van der Waals surface area (Å²) in [5.74, 6) is 0.332. The third-order valence-electron chi connectivity index (χ3n) is 3.39. The van der Waals surface area contributed by atoms with Gasteiger partial charge in [0.15, 0.2) is 0 Å². The van der Waals surface area contributed by atoms with Crippen molar-refractivity contribution in [2.75, 3.05) is 20.3 Å². The molecule has 18 heavy (non-hydrogen) atoms. The predicted octanol–water partition coefficient (Wildman–Crippen LogP) is 2.26. The summed E-state index contributed by atoms with van der Waals surface area (Å²) in [5, 5.41) is 0. The monoisotopic (exact) mass is 258 g/mol. The Labute approximate surface area is 110 Å². The van der Waals surface area contributed by atoms with E-state index in [1.807, 2.05) is 27.7 Å². The summed E-state index contributed by atoms with van der Waals surface area (Å²) in [4.78, 5) is 11.7. The highest BCUT2D eigenvalue weighted by atomic mass is 16.6. The third-order valence-corrected chi connectivity index (χ3v) is 3.39. The van der Waals surface area contributed by atoms with Gasteiger partial charge >= 0.3 is 5.97 Å². The van der Waals surface area contributed by atoms with Crippen LogP contribution in [0.25, 0.3) is 0 Å². The molecule has 0 saturated carbocycles. The summed E-state index contributed by atoms with van der Waals surface area (Å²) in [5.41, 5.74) is -0.451. The van der Waals surface area contributed by atoms with Gasteiger partial charge in [-0.2, -0.15) is 0 Å². The van der Waals surface area contributed by atoms with E-state index in [0.29, 0.717) is 18.6 Å². The molecule has 4 atom stereocenters. The van der Waals surface area contributed by atoms with Gasteiger partial charge in [0.1, 0.15) is 0 Å². The Balaban J connectivity index is 2.42. The minimum absolute atomic E-state index is 0.0604. The Morgan fingerprint density at radius 1 is 1.39 bits per heavy atom. The van der Waals surface area contributed by atoms with Crippen LogP contribution < -0.4 is 0 Å². The van der Waals surface area contributed by atoms with E-state index in [0.717, 1.165) is 6.61 Å². The van der Waals surface area contributed by atoms with Crippen molar-refractivity contribution in [2.45, 2.75) is 46.8 Å². The maximum Gasteiger partial charge on any atom is 0.311 e. The van der Waals surface area contributed by atoms with Crippen molar-refractivity contribution in [1.29, 1.82) is 0 Å². The molecule has 1 fully saturated rings. The van der Waals surface area contributed by atoms with Gasteiger partial charge in [-0.25, -0.2) is 0 Å². The summed E-state index contributed by atoms with van der Waals surface area (Å²) in [6.07, 6.45) is 0.362. The van der Waals surface area contributed by atoms with Crippen molar-refractivity contribution < 1.29 is 19.0 Å². The Bertz CT molecular complexity index is 278. The van der Waals surface area contributed by atoms with Gasteiger partial charge in [-0.15, -0.1) is 0 Å². The molecule has 0 radical (unpaired) electrons. The molecule has 1 aliphatic rings. The lowest BCUT2D eigenvalue weighted by atomic mass is 9.91. The number of esters is 1. The molecule has 0 amide bonds. The number of carbonyl (C=O) groups is 1. The number of carbonyl (C=O) groups excluding carboxylic acids is 1. The van der Waals surface area contributed by atoms with Crippen LogP contribution in [0.1, 0.15) is 34.6 Å². The topological polar surface area (TPSA) is 48.1 Å². The Hall–Kier alpha value is -0.610. The van der Waals surface area contributed by atoms with Crippen LogP contribution in [-0.4, -0.2) is 38.5 Å². The average molecular weight is 258 g/mol. The fourth-order valence-corrected chi connectivity index (χ4v) is 2.05. The van der Waals surface area contributed by atoms with Crippen LogP contribution in [0.2, 0.25) is 0 Å². The second-order valence-electron chi connectivity index (χ2n) is 6.26. The number of rotatable bonds is 6. The molecule has 106 valence electrons. The SMILES string of the molecule is CO[C@H]([C@@H](C)[C@H]1CO1)[C@@H](C)COC(=O)C(C)(C)C. The van der Waals surface area contributed by atoms with E-state index in [2.05, 4.69) is 6.92 Å². The predicted molar refractivity (Wildman–Crippen MR) is 69.3 cm³/mol. The van der Waals surface area contributed by atoms with Crippen molar-refractivity contribution in [3.8, 4) is 0 Å². The highest BCUT2D eigenvalue weighted by molar-refractivity contribution is 5.75. The van der Waals surface area contributed by atoms with Crippen LogP contribution in [-0.2, 0) is 19.0 Å². The summed E-state index contributed by atoms with van der Waals surface area (Å²) >= 11 is 0. The van der Waals surface area contributed by atoms with Crippen molar-refractivity contribution in [3.63, 3.8) is 0 Å². The second kappa shape index (κ2) is 6.02. The van der Waals surface area contributed by atoms with Gasteiger partial charge in [0.05, 0.1) is 30.8 Å². The molecular formula is C14H26O4. The van der Waals surface area contributed by atoms with Crippen LogP contribution in [0.4, 0.5) is 0 Å². The minimum atomic E-state index is -0.451. The highest BCUT2D eigenvalue weighted by Gasteiger charge is 2.37. The molecule has 0 bridgehead atoms. The lowest BCUT2D eigenvalue weighted by Crippen LogP contribution is -2.35. The zero-order valence-electron chi connectivity index (χ0n) is 12.4. The first-order chi connectivity index (χ1) is 8.27. The Kier molecular flexibility index (Phi) is 5.17. The number of hydrogen-bond acceptors (Lipinski definition) is 4. The van der Waals surface area contributed by atoms with E-state index < -0.39 is 5.41 Å². The molecule has 0 N–H and O–H groups in total. The van der Waals surface area contributed by atoms with E-state index >= 15 is 0 Å². The van der Waals surface area contributed by atoms with Crippen molar-refractivity contribution in [3.05, 3.63) is 0 Å². The minimum Gasteiger partial charge on any atom is -0.465 e. The fraction of sp³-hybridized carbons (Fsp3) is 0.929. The molecule has 0 spiro atoms. The van der Waals surface area contributed by atoms with E-state index in [1.165, 1.54) is 0 Å². The van der Waals surface area contributed by atoms with Crippen LogP contribution in [0.5, 0.6) is 0 Å². The molecular weight excluding hydrogens is 232 g/mol. The molecule has 0 aromatic carbocycles. The second-order valence-corrected chi connectivity index (χ2v) is 6.26. The van der Waals surface area contributed by atoms with Gasteiger partial charge in [0, 0.05) is 18.9 Å². The normalized spacial score (nSPS) is 24.2. The molecule has 0 aliphatic carbocycles. The number of methoxy groups -OCH3 is 1. The lowest BCUT2D eigenvalue weighted by Gasteiger charge is -2.28. The Morgan fingerprint density at radius 3 is 2.33 bits per heavy atom. The van der Waals surface area contributed by atoms with E-state index in [1.54, 1.807) is 7.11 Å². The summed E-state index contributed by atoms with van der Waals surface area (Å²) < 4.78 is 16.2. The van der Waals surface area contributed by atoms with Gasteiger partial charge in [-0.05, 0) is 20.8 Å². The largest absolute Gasteiger partial charge is 0.465 e. The van der Waals surface area contributed by atoms with Crippen LogP contribution in [0.15, 0.2) is 0 Å². The van der Waals surface area contributed by atoms with Crippen molar-refractivity contribution in [2.24, 2.45) is 17.3 Å². The maximum atomic E-state index is 11.7. The molecule has 1 heterocycles. The van der Waals surface area contributed by atoms with E-state index in [-0.39, 0.29) is 18.0 Å². The standard InChI is InChI=1S/C14H26O4/c1-9(7-18-13(15)14(3,4)5)12(16-6)10(2)11-8-17-11/h9-12H,7-8H2,1-6H3/t9-,10-,11+,12-/m0/s1. The molecule has 1 rings (SSSR count). The van der Waals surface area contributed by atoms with Gasteiger partial charge in [0.25, 0.3) is 0 Å². The first-order valence-corrected chi connectivity index (χ1v) is 6.59. The summed E-state index contributed by atoms with van der Waals surface area (Å²) in [6, 6.07) is 0. The molecule has 1 aliphatic heterocycles. The van der Waals surface area contributed by atoms with Gasteiger partial charge in [-0.1, -0.05) is 13.8 Å². The first kappa shape index (κ1) is 15.4. The van der Waals surface area contributed by atoms with Crippen LogP contribution in [0, 0.1) is 17.3 Å². The highest BCUT2D eigenvalue weighted by Crippen LogP contribution is 2.28. The molecule has 4 heteroatoms. The van der Waals surface area contributed by atoms with Gasteiger partial charge in [-0.3, -0.25) is 4.79 Å². The van der Waals surface area contributed by atoms with Gasteiger partial charge in [0.2, 0.25) is 0 Å². The summed E-state index contributed by atoms with van der Waals surface area (Å²) in [7, 11) is 1.70. The number of epoxide rings is 1. The fourth-order valence-electron chi connectivity index (χ4n) is 2.05. The zero-order valence-corrected chi connectivity index (χ0v) is 12.4. The smallest absolute Gasteiger partial charge is 0.311 e. The lowest BCUT2D eigenvalue weighted by molar-refractivity contribution is -0.156. The van der Waals surface area contributed by atoms with E-state index in [4.69, 9.17) is 14.2 Å². The molecule has 0 unspecified atom stereocenters. The number of ether oxygens (including phenoxy) is 3. The molecule has 1 saturated heterocycles. The van der Waals surface area contributed by atoms with Crippen molar-refractivity contribution >= 4 is 5.97 Å². The summed E-state index contributed by atoms with van der Waals surface area (Å²) in [6.45, 7) is 10.9. The van der Waals surface area contributed by atoms with Gasteiger partial charge < -0.3 is 14.2 Å². The third kappa shape index (κ3) is 4.25. The van der Waals surface area contributed by atoms with Crippen molar-refractivity contribution in [1.82, 2.24) is 0 Å². The van der Waals surface area contributed by atoms with Crippen LogP contribution in [0.3, 0.4) is 0 Å². The maximum absolute atomic E-state index is 11.7. The average Bonchev–Trinajstić information content (AvgIpc) is 3.08. The molecule has 4 nitrogen and oxygen atoms in total. The number of hydrogen-bond donors (Lipinski definition) is 0. The van der Waals surface area contributed by atoms with Crippen LogP contribution >= 0.6 is 0 Å². The molecule has 0 aromatic rings. The quantitative estimate of drug-likeness (QED) is 0.541. The van der Waals surface area contributed by atoms with E-state index in [9.17, 15) is 4.79 Å². The first-order valence-electron chi connectivity index (χ1n) is 6.59. The zero-order chi connectivity index (χ0) is 13.9. The Morgan fingerprint density at radius 2 is 1.94 bits per heavy atom. The molecule has 0 aromatic heterocycles.